The standard InChI is InChI=1S/C20H23NO2Si2/c1-24(2)17-12-11-16(20(21)22)18(19(17)25(3,4)23-24)15-10-6-8-13-7-5-9-14(13)15/h5-6,8-12H,7H2,1-4H3,(H2,21,22). The van der Waals surface area contributed by atoms with Gasteiger partial charge in [0.05, 0.1) is 0 Å². The number of amides is 1. The van der Waals surface area contributed by atoms with E-state index < -0.39 is 16.6 Å². The molecule has 0 radical (unpaired) electrons. The average molecular weight is 366 g/mol. The second-order valence-electron chi connectivity index (χ2n) is 7.88. The first-order valence-electron chi connectivity index (χ1n) is 8.69. The van der Waals surface area contributed by atoms with Crippen molar-refractivity contribution in [2.45, 2.75) is 32.6 Å². The molecule has 0 aromatic heterocycles. The first-order valence-corrected chi connectivity index (χ1v) is 14.5. The molecule has 2 N–H and O–H groups in total. The normalized spacial score (nSPS) is 18.9. The highest BCUT2D eigenvalue weighted by molar-refractivity contribution is 7.06. The van der Waals surface area contributed by atoms with Crippen LogP contribution in [0.4, 0.5) is 0 Å². The third-order valence-electron chi connectivity index (χ3n) is 5.32. The maximum Gasteiger partial charge on any atom is 0.249 e. The Morgan fingerprint density at radius 1 is 1.08 bits per heavy atom. The summed E-state index contributed by atoms with van der Waals surface area (Å²) in [5.41, 5.74) is 11.0. The second kappa shape index (κ2) is 5.27. The quantitative estimate of drug-likeness (QED) is 0.832. The Labute approximate surface area is 150 Å². The monoisotopic (exact) mass is 365 g/mol. The van der Waals surface area contributed by atoms with Gasteiger partial charge in [-0.15, -0.1) is 0 Å². The van der Waals surface area contributed by atoms with Gasteiger partial charge in [-0.2, -0.15) is 0 Å². The Morgan fingerprint density at radius 3 is 2.56 bits per heavy atom. The van der Waals surface area contributed by atoms with Crippen LogP contribution in [0.1, 0.15) is 21.5 Å². The molecule has 0 saturated carbocycles. The number of hydrogen-bond donors (Lipinski definition) is 1. The van der Waals surface area contributed by atoms with E-state index in [2.05, 4.69) is 62.6 Å². The van der Waals surface area contributed by atoms with Gasteiger partial charge in [0.15, 0.2) is 0 Å². The number of benzene rings is 2. The van der Waals surface area contributed by atoms with Crippen LogP contribution in [0.3, 0.4) is 0 Å². The number of rotatable bonds is 2. The summed E-state index contributed by atoms with van der Waals surface area (Å²) in [6.07, 6.45) is 5.29. The highest BCUT2D eigenvalue weighted by Crippen LogP contribution is 2.35. The van der Waals surface area contributed by atoms with Crippen LogP contribution < -0.4 is 16.1 Å². The van der Waals surface area contributed by atoms with Crippen LogP contribution in [0.15, 0.2) is 36.4 Å². The molecule has 1 amide bonds. The molecule has 1 aliphatic heterocycles. The summed E-state index contributed by atoms with van der Waals surface area (Å²) in [6.45, 7) is 8.97. The minimum Gasteiger partial charge on any atom is -0.449 e. The summed E-state index contributed by atoms with van der Waals surface area (Å²) in [4.78, 5) is 12.3. The molecular weight excluding hydrogens is 342 g/mol. The Morgan fingerprint density at radius 2 is 1.84 bits per heavy atom. The summed E-state index contributed by atoms with van der Waals surface area (Å²) in [6, 6.07) is 10.4. The lowest BCUT2D eigenvalue weighted by molar-refractivity contribution is 0.100. The minimum absolute atomic E-state index is 0.367. The summed E-state index contributed by atoms with van der Waals surface area (Å²) in [5.74, 6) is -0.367. The highest BCUT2D eigenvalue weighted by atomic mass is 28.4. The number of carbonyl (C=O) groups is 1. The summed E-state index contributed by atoms with van der Waals surface area (Å²) in [7, 11) is -4.06. The number of carbonyl (C=O) groups excluding carboxylic acids is 1. The van der Waals surface area contributed by atoms with Gasteiger partial charge in [-0.1, -0.05) is 36.4 Å². The molecule has 128 valence electrons. The molecule has 0 spiro atoms. The first-order chi connectivity index (χ1) is 11.7. The van der Waals surface area contributed by atoms with E-state index in [-0.39, 0.29) is 5.91 Å². The van der Waals surface area contributed by atoms with Gasteiger partial charge in [-0.3, -0.25) is 4.79 Å². The van der Waals surface area contributed by atoms with Crippen molar-refractivity contribution in [3.05, 3.63) is 53.1 Å². The second-order valence-corrected chi connectivity index (χ2v) is 15.8. The lowest BCUT2D eigenvalue weighted by Gasteiger charge is -2.24. The van der Waals surface area contributed by atoms with Crippen LogP contribution in [0, 0.1) is 0 Å². The van der Waals surface area contributed by atoms with Gasteiger partial charge >= 0.3 is 0 Å². The van der Waals surface area contributed by atoms with Gasteiger partial charge < -0.3 is 9.85 Å². The van der Waals surface area contributed by atoms with E-state index in [0.29, 0.717) is 5.56 Å². The molecule has 2 aromatic carbocycles. The molecule has 0 saturated heterocycles. The van der Waals surface area contributed by atoms with Crippen LogP contribution in [0.5, 0.6) is 0 Å². The van der Waals surface area contributed by atoms with E-state index >= 15 is 0 Å². The SMILES string of the molecule is C[Si]1(C)O[Si](C)(C)c2c1ccc(C(N)=O)c2-c1cccc2c1C=CC2. The minimum atomic E-state index is -2.10. The number of allylic oxidation sites excluding steroid dienone is 1. The maximum absolute atomic E-state index is 12.3. The van der Waals surface area contributed by atoms with E-state index in [0.717, 1.165) is 17.5 Å². The van der Waals surface area contributed by atoms with Crippen molar-refractivity contribution in [1.29, 1.82) is 0 Å². The zero-order chi connectivity index (χ0) is 18.0. The molecule has 2 aromatic rings. The molecule has 4 rings (SSSR count). The molecule has 25 heavy (non-hydrogen) atoms. The maximum atomic E-state index is 12.3. The smallest absolute Gasteiger partial charge is 0.249 e. The molecular formula is C20H23NO2Si2. The van der Waals surface area contributed by atoms with Crippen molar-refractivity contribution in [2.24, 2.45) is 5.73 Å². The Hall–Kier alpha value is -1.96. The van der Waals surface area contributed by atoms with Crippen molar-refractivity contribution in [3.63, 3.8) is 0 Å². The van der Waals surface area contributed by atoms with Crippen molar-refractivity contribution < 1.29 is 8.91 Å². The fourth-order valence-corrected chi connectivity index (χ4v) is 15.0. The summed E-state index contributed by atoms with van der Waals surface area (Å²) in [5, 5.41) is 2.60. The van der Waals surface area contributed by atoms with E-state index in [4.69, 9.17) is 9.85 Å². The Kier molecular flexibility index (Phi) is 3.48. The van der Waals surface area contributed by atoms with E-state index in [9.17, 15) is 4.79 Å². The molecule has 0 atom stereocenters. The van der Waals surface area contributed by atoms with Gasteiger partial charge in [0, 0.05) is 5.56 Å². The van der Waals surface area contributed by atoms with Gasteiger partial charge in [-0.05, 0) is 71.3 Å². The predicted molar refractivity (Wildman–Crippen MR) is 108 cm³/mol. The molecule has 1 heterocycles. The lowest BCUT2D eigenvalue weighted by Crippen LogP contribution is -2.46. The lowest BCUT2D eigenvalue weighted by atomic mass is 9.93. The van der Waals surface area contributed by atoms with Crippen LogP contribution in [-0.2, 0) is 10.5 Å². The molecule has 0 fully saturated rings. The van der Waals surface area contributed by atoms with Crippen molar-refractivity contribution >= 4 is 39.0 Å². The third kappa shape index (κ3) is 2.38. The molecule has 0 unspecified atom stereocenters. The van der Waals surface area contributed by atoms with Crippen molar-refractivity contribution in [2.75, 3.05) is 0 Å². The third-order valence-corrected chi connectivity index (χ3v) is 13.1. The van der Waals surface area contributed by atoms with E-state index in [1.165, 1.54) is 21.5 Å². The Balaban J connectivity index is 2.13. The highest BCUT2D eigenvalue weighted by Gasteiger charge is 2.48. The van der Waals surface area contributed by atoms with Gasteiger partial charge in [0.2, 0.25) is 22.5 Å². The van der Waals surface area contributed by atoms with Gasteiger partial charge in [0.1, 0.15) is 0 Å². The van der Waals surface area contributed by atoms with Gasteiger partial charge in [-0.25, -0.2) is 0 Å². The van der Waals surface area contributed by atoms with Crippen LogP contribution in [-0.4, -0.2) is 22.5 Å². The molecule has 1 aliphatic carbocycles. The van der Waals surface area contributed by atoms with Crippen molar-refractivity contribution in [3.8, 4) is 11.1 Å². The molecule has 5 heteroatoms. The van der Waals surface area contributed by atoms with Crippen LogP contribution in [0.2, 0.25) is 26.2 Å². The Bertz CT molecular complexity index is 945. The summed E-state index contributed by atoms with van der Waals surface area (Å²) < 4.78 is 6.63. The molecule has 2 aliphatic rings. The zero-order valence-corrected chi connectivity index (χ0v) is 17.1. The summed E-state index contributed by atoms with van der Waals surface area (Å²) >= 11 is 0. The number of fused-ring (bicyclic) bond motifs is 2. The van der Waals surface area contributed by atoms with Crippen molar-refractivity contribution in [1.82, 2.24) is 0 Å². The molecule has 0 bridgehead atoms. The largest absolute Gasteiger partial charge is 0.449 e. The first kappa shape index (κ1) is 16.5. The van der Waals surface area contributed by atoms with E-state index in [1.807, 2.05) is 6.07 Å². The van der Waals surface area contributed by atoms with Gasteiger partial charge in [0.25, 0.3) is 0 Å². The number of nitrogens with two attached hydrogens (primary N) is 1. The fourth-order valence-electron chi connectivity index (χ4n) is 4.47. The predicted octanol–water partition coefficient (Wildman–Crippen LogP) is 2.88. The fraction of sp³-hybridized carbons (Fsp3) is 0.250. The van der Waals surface area contributed by atoms with Crippen LogP contribution in [0.25, 0.3) is 17.2 Å². The molecule has 3 nitrogen and oxygen atoms in total. The topological polar surface area (TPSA) is 52.3 Å². The van der Waals surface area contributed by atoms with Crippen LogP contribution >= 0.6 is 0 Å². The number of primary amides is 1. The zero-order valence-electron chi connectivity index (χ0n) is 15.1. The number of hydrogen-bond acceptors (Lipinski definition) is 2. The average Bonchev–Trinajstić information content (AvgIpc) is 3.07. The van der Waals surface area contributed by atoms with E-state index in [1.54, 1.807) is 0 Å².